The van der Waals surface area contributed by atoms with Gasteiger partial charge in [-0.3, -0.25) is 4.79 Å². The molecule has 0 aliphatic carbocycles. The summed E-state index contributed by atoms with van der Waals surface area (Å²) in [5, 5.41) is 9.68. The summed E-state index contributed by atoms with van der Waals surface area (Å²) in [5.41, 5.74) is 0.271. The van der Waals surface area contributed by atoms with E-state index in [9.17, 15) is 9.90 Å². The standard InChI is InChI=1S/C13H19NO3/c1-9(2)8-14(3)13(16)11-7-10(17-4)5-6-12(11)15/h5-7,9,15H,8H2,1-4H3. The van der Waals surface area contributed by atoms with Gasteiger partial charge in [0.15, 0.2) is 0 Å². The van der Waals surface area contributed by atoms with Crippen LogP contribution in [-0.2, 0) is 0 Å². The number of phenols is 1. The number of amides is 1. The van der Waals surface area contributed by atoms with E-state index in [1.54, 1.807) is 24.1 Å². The Kier molecular flexibility index (Phi) is 4.37. The SMILES string of the molecule is COc1ccc(O)c(C(=O)N(C)CC(C)C)c1. The zero-order valence-corrected chi connectivity index (χ0v) is 10.7. The third-order valence-electron chi connectivity index (χ3n) is 2.42. The zero-order valence-electron chi connectivity index (χ0n) is 10.7. The molecular formula is C13H19NO3. The van der Waals surface area contributed by atoms with Gasteiger partial charge in [-0.15, -0.1) is 0 Å². The molecule has 0 atom stereocenters. The van der Waals surface area contributed by atoms with Crippen molar-refractivity contribution in [1.29, 1.82) is 0 Å². The zero-order chi connectivity index (χ0) is 13.0. The van der Waals surface area contributed by atoms with Gasteiger partial charge in [0.05, 0.1) is 12.7 Å². The van der Waals surface area contributed by atoms with Crippen molar-refractivity contribution in [3.63, 3.8) is 0 Å². The minimum atomic E-state index is -0.199. The van der Waals surface area contributed by atoms with E-state index in [0.29, 0.717) is 18.2 Å². The lowest BCUT2D eigenvalue weighted by Crippen LogP contribution is -2.30. The fraction of sp³-hybridized carbons (Fsp3) is 0.462. The monoisotopic (exact) mass is 237 g/mol. The van der Waals surface area contributed by atoms with Gasteiger partial charge in [0, 0.05) is 13.6 Å². The molecule has 0 fully saturated rings. The molecule has 0 aliphatic heterocycles. The fourth-order valence-electron chi connectivity index (χ4n) is 1.65. The van der Waals surface area contributed by atoms with Crippen molar-refractivity contribution < 1.29 is 14.6 Å². The summed E-state index contributed by atoms with van der Waals surface area (Å²) >= 11 is 0. The number of carbonyl (C=O) groups excluding carboxylic acids is 1. The van der Waals surface area contributed by atoms with Crippen molar-refractivity contribution in [3.05, 3.63) is 23.8 Å². The third-order valence-corrected chi connectivity index (χ3v) is 2.42. The molecule has 0 saturated carbocycles. The van der Waals surface area contributed by atoms with Crippen LogP contribution in [0.4, 0.5) is 0 Å². The molecule has 1 aromatic carbocycles. The Morgan fingerprint density at radius 2 is 2.12 bits per heavy atom. The van der Waals surface area contributed by atoms with Crippen molar-refractivity contribution in [2.45, 2.75) is 13.8 Å². The molecule has 0 radical (unpaired) electrons. The van der Waals surface area contributed by atoms with Crippen molar-refractivity contribution in [2.24, 2.45) is 5.92 Å². The third kappa shape index (κ3) is 3.37. The summed E-state index contributed by atoms with van der Waals surface area (Å²) < 4.78 is 5.04. The molecule has 0 saturated heterocycles. The number of carbonyl (C=O) groups is 1. The van der Waals surface area contributed by atoms with E-state index in [1.807, 2.05) is 13.8 Å². The van der Waals surface area contributed by atoms with Crippen LogP contribution >= 0.6 is 0 Å². The molecule has 0 aromatic heterocycles. The highest BCUT2D eigenvalue weighted by atomic mass is 16.5. The maximum atomic E-state index is 12.1. The van der Waals surface area contributed by atoms with E-state index >= 15 is 0 Å². The number of hydrogen-bond donors (Lipinski definition) is 1. The molecule has 4 nitrogen and oxygen atoms in total. The highest BCUT2D eigenvalue weighted by Crippen LogP contribution is 2.24. The highest BCUT2D eigenvalue weighted by Gasteiger charge is 2.17. The first-order valence-electron chi connectivity index (χ1n) is 5.58. The average Bonchev–Trinajstić information content (AvgIpc) is 2.28. The molecule has 1 amide bonds. The maximum absolute atomic E-state index is 12.1. The van der Waals surface area contributed by atoms with Crippen LogP contribution in [0, 0.1) is 5.92 Å². The van der Waals surface area contributed by atoms with Gasteiger partial charge in [-0.2, -0.15) is 0 Å². The first-order valence-corrected chi connectivity index (χ1v) is 5.58. The average molecular weight is 237 g/mol. The van der Waals surface area contributed by atoms with Gasteiger partial charge in [-0.05, 0) is 24.1 Å². The first-order chi connectivity index (χ1) is 7.95. The molecule has 1 rings (SSSR count). The largest absolute Gasteiger partial charge is 0.507 e. The number of phenolic OH excluding ortho intramolecular Hbond substituents is 1. The van der Waals surface area contributed by atoms with Crippen molar-refractivity contribution in [1.82, 2.24) is 4.90 Å². The highest BCUT2D eigenvalue weighted by molar-refractivity contribution is 5.97. The number of ether oxygens (including phenoxy) is 1. The van der Waals surface area contributed by atoms with Gasteiger partial charge in [0.25, 0.3) is 5.91 Å². The number of rotatable bonds is 4. The van der Waals surface area contributed by atoms with Crippen LogP contribution in [0.3, 0.4) is 0 Å². The quantitative estimate of drug-likeness (QED) is 0.872. The Morgan fingerprint density at radius 1 is 1.47 bits per heavy atom. The van der Waals surface area contributed by atoms with Gasteiger partial charge in [0.1, 0.15) is 11.5 Å². The van der Waals surface area contributed by atoms with Crippen LogP contribution in [-0.4, -0.2) is 36.6 Å². The van der Waals surface area contributed by atoms with Crippen LogP contribution in [0.5, 0.6) is 11.5 Å². The van der Waals surface area contributed by atoms with Crippen molar-refractivity contribution in [3.8, 4) is 11.5 Å². The molecule has 4 heteroatoms. The number of methoxy groups -OCH3 is 1. The predicted molar refractivity (Wildman–Crippen MR) is 66.5 cm³/mol. The van der Waals surface area contributed by atoms with Gasteiger partial charge in [-0.1, -0.05) is 13.8 Å². The van der Waals surface area contributed by atoms with Crippen LogP contribution in [0.25, 0.3) is 0 Å². The van der Waals surface area contributed by atoms with E-state index in [-0.39, 0.29) is 17.2 Å². The minimum Gasteiger partial charge on any atom is -0.507 e. The Labute approximate surface area is 102 Å². The molecule has 0 spiro atoms. The Balaban J connectivity index is 2.94. The Bertz CT molecular complexity index is 402. The van der Waals surface area contributed by atoms with E-state index in [2.05, 4.69) is 0 Å². The second kappa shape index (κ2) is 5.57. The molecule has 1 aromatic rings. The maximum Gasteiger partial charge on any atom is 0.257 e. The fourth-order valence-corrected chi connectivity index (χ4v) is 1.65. The van der Waals surface area contributed by atoms with Gasteiger partial charge >= 0.3 is 0 Å². The van der Waals surface area contributed by atoms with E-state index in [0.717, 1.165) is 0 Å². The van der Waals surface area contributed by atoms with Gasteiger partial charge in [0.2, 0.25) is 0 Å². The Hall–Kier alpha value is -1.71. The first kappa shape index (κ1) is 13.4. The normalized spacial score (nSPS) is 10.4. The summed E-state index contributed by atoms with van der Waals surface area (Å²) in [6, 6.07) is 4.64. The molecule has 0 heterocycles. The lowest BCUT2D eigenvalue weighted by Gasteiger charge is -2.20. The lowest BCUT2D eigenvalue weighted by molar-refractivity contribution is 0.0775. The molecule has 0 unspecified atom stereocenters. The van der Waals surface area contributed by atoms with E-state index in [1.165, 1.54) is 13.2 Å². The van der Waals surface area contributed by atoms with E-state index in [4.69, 9.17) is 4.74 Å². The number of aromatic hydroxyl groups is 1. The molecule has 1 N–H and O–H groups in total. The van der Waals surface area contributed by atoms with Crippen LogP contribution in [0.2, 0.25) is 0 Å². The smallest absolute Gasteiger partial charge is 0.257 e. The molecular weight excluding hydrogens is 218 g/mol. The van der Waals surface area contributed by atoms with Crippen LogP contribution in [0.1, 0.15) is 24.2 Å². The summed E-state index contributed by atoms with van der Waals surface area (Å²) in [6.45, 7) is 4.72. The van der Waals surface area contributed by atoms with Crippen molar-refractivity contribution in [2.75, 3.05) is 20.7 Å². The molecule has 17 heavy (non-hydrogen) atoms. The van der Waals surface area contributed by atoms with Crippen LogP contribution < -0.4 is 4.74 Å². The number of hydrogen-bond acceptors (Lipinski definition) is 3. The topological polar surface area (TPSA) is 49.8 Å². The van der Waals surface area contributed by atoms with Crippen LogP contribution in [0.15, 0.2) is 18.2 Å². The second-order valence-corrected chi connectivity index (χ2v) is 4.46. The van der Waals surface area contributed by atoms with Gasteiger partial charge < -0.3 is 14.7 Å². The lowest BCUT2D eigenvalue weighted by atomic mass is 10.1. The summed E-state index contributed by atoms with van der Waals surface area (Å²) in [6.07, 6.45) is 0. The summed E-state index contributed by atoms with van der Waals surface area (Å²) in [4.78, 5) is 13.7. The van der Waals surface area contributed by atoms with Gasteiger partial charge in [-0.25, -0.2) is 0 Å². The summed E-state index contributed by atoms with van der Waals surface area (Å²) in [7, 11) is 3.25. The number of nitrogens with zero attached hydrogens (tertiary/aromatic N) is 1. The molecule has 0 bridgehead atoms. The minimum absolute atomic E-state index is 0.0218. The number of benzene rings is 1. The van der Waals surface area contributed by atoms with Crippen molar-refractivity contribution >= 4 is 5.91 Å². The second-order valence-electron chi connectivity index (χ2n) is 4.46. The summed E-state index contributed by atoms with van der Waals surface area (Å²) in [5.74, 6) is 0.724. The molecule has 94 valence electrons. The molecule has 0 aliphatic rings. The Morgan fingerprint density at radius 3 is 2.65 bits per heavy atom. The van der Waals surface area contributed by atoms with E-state index < -0.39 is 0 Å². The predicted octanol–water partition coefficient (Wildman–Crippen LogP) is 2.13.